The van der Waals surface area contributed by atoms with Crippen molar-refractivity contribution in [2.75, 3.05) is 13.1 Å². The molecule has 0 bridgehead atoms. The van der Waals surface area contributed by atoms with Gasteiger partial charge in [0.05, 0.1) is 4.99 Å². The minimum absolute atomic E-state index is 0.0722. The quantitative estimate of drug-likeness (QED) is 0.749. The van der Waals surface area contributed by atoms with Crippen molar-refractivity contribution in [3.8, 4) is 0 Å². The fourth-order valence-corrected chi connectivity index (χ4v) is 2.15. The molecule has 1 amide bonds. The van der Waals surface area contributed by atoms with Crippen molar-refractivity contribution >= 4 is 23.1 Å². The SMILES string of the molecule is CCN(CC(C)C(N)=S)C(=O)CCCc1ccccc1. The lowest BCUT2D eigenvalue weighted by Crippen LogP contribution is -2.38. The summed E-state index contributed by atoms with van der Waals surface area (Å²) >= 11 is 4.96. The van der Waals surface area contributed by atoms with Crippen molar-refractivity contribution < 1.29 is 4.79 Å². The number of thiocarbonyl (C=S) groups is 1. The molecule has 0 aliphatic carbocycles. The van der Waals surface area contributed by atoms with Gasteiger partial charge in [-0.2, -0.15) is 0 Å². The predicted molar refractivity (Wildman–Crippen MR) is 87.6 cm³/mol. The van der Waals surface area contributed by atoms with Gasteiger partial charge >= 0.3 is 0 Å². The van der Waals surface area contributed by atoms with Crippen LogP contribution in [0.25, 0.3) is 0 Å². The van der Waals surface area contributed by atoms with Gasteiger partial charge in [0.25, 0.3) is 0 Å². The minimum atomic E-state index is 0.0722. The van der Waals surface area contributed by atoms with E-state index in [-0.39, 0.29) is 11.8 Å². The second-order valence-corrected chi connectivity index (χ2v) is 5.55. The summed E-state index contributed by atoms with van der Waals surface area (Å²) in [6.07, 6.45) is 2.39. The highest BCUT2D eigenvalue weighted by molar-refractivity contribution is 7.80. The van der Waals surface area contributed by atoms with E-state index < -0.39 is 0 Å². The Balaban J connectivity index is 2.38. The van der Waals surface area contributed by atoms with Crippen LogP contribution in [0.3, 0.4) is 0 Å². The summed E-state index contributed by atoms with van der Waals surface area (Å²) < 4.78 is 0. The van der Waals surface area contributed by atoms with E-state index >= 15 is 0 Å². The van der Waals surface area contributed by atoms with Crippen LogP contribution in [0.1, 0.15) is 32.3 Å². The van der Waals surface area contributed by atoms with Crippen molar-refractivity contribution in [3.05, 3.63) is 35.9 Å². The van der Waals surface area contributed by atoms with Crippen molar-refractivity contribution in [2.45, 2.75) is 33.1 Å². The maximum atomic E-state index is 12.2. The Kier molecular flexibility index (Phi) is 7.23. The minimum Gasteiger partial charge on any atom is -0.393 e. The van der Waals surface area contributed by atoms with Crippen LogP contribution < -0.4 is 5.73 Å². The summed E-state index contributed by atoms with van der Waals surface area (Å²) in [4.78, 5) is 14.5. The smallest absolute Gasteiger partial charge is 0.222 e. The first-order valence-corrected chi connectivity index (χ1v) is 7.56. The molecule has 0 saturated carbocycles. The lowest BCUT2D eigenvalue weighted by Gasteiger charge is -2.24. The molecule has 1 unspecified atom stereocenters. The fourth-order valence-electron chi connectivity index (χ4n) is 2.07. The molecule has 0 aromatic heterocycles. The van der Waals surface area contributed by atoms with Crippen LogP contribution in [-0.4, -0.2) is 28.9 Å². The van der Waals surface area contributed by atoms with Crippen LogP contribution in [-0.2, 0) is 11.2 Å². The molecular weight excluding hydrogens is 268 g/mol. The van der Waals surface area contributed by atoms with E-state index in [1.807, 2.05) is 36.9 Å². The zero-order valence-corrected chi connectivity index (χ0v) is 13.2. The Labute approximate surface area is 127 Å². The van der Waals surface area contributed by atoms with Crippen LogP contribution in [0.2, 0.25) is 0 Å². The highest BCUT2D eigenvalue weighted by atomic mass is 32.1. The maximum Gasteiger partial charge on any atom is 0.222 e. The Hall–Kier alpha value is -1.42. The van der Waals surface area contributed by atoms with Crippen molar-refractivity contribution in [3.63, 3.8) is 0 Å². The summed E-state index contributed by atoms with van der Waals surface area (Å²) in [5, 5.41) is 0. The lowest BCUT2D eigenvalue weighted by molar-refractivity contribution is -0.131. The topological polar surface area (TPSA) is 46.3 Å². The number of carbonyl (C=O) groups is 1. The third-order valence-corrected chi connectivity index (χ3v) is 3.82. The molecule has 1 aromatic carbocycles. The normalized spacial score (nSPS) is 11.9. The Morgan fingerprint density at radius 2 is 2.00 bits per heavy atom. The standard InChI is InChI=1S/C16H24N2OS/c1-3-18(12-13(2)16(17)20)15(19)11-7-10-14-8-5-4-6-9-14/h4-6,8-9,13H,3,7,10-12H2,1-2H3,(H2,17,20). The second-order valence-electron chi connectivity index (χ2n) is 5.07. The molecule has 3 nitrogen and oxygen atoms in total. The van der Waals surface area contributed by atoms with Gasteiger partial charge in [-0.25, -0.2) is 0 Å². The summed E-state index contributed by atoms with van der Waals surface area (Å²) in [7, 11) is 0. The van der Waals surface area contributed by atoms with E-state index in [0.29, 0.717) is 24.5 Å². The van der Waals surface area contributed by atoms with Gasteiger partial charge in [-0.05, 0) is 25.3 Å². The first-order valence-electron chi connectivity index (χ1n) is 7.15. The van der Waals surface area contributed by atoms with Gasteiger partial charge < -0.3 is 10.6 Å². The Bertz CT molecular complexity index is 433. The number of hydrogen-bond donors (Lipinski definition) is 1. The molecule has 4 heteroatoms. The third-order valence-electron chi connectivity index (χ3n) is 3.41. The van der Waals surface area contributed by atoms with E-state index in [4.69, 9.17) is 18.0 Å². The molecule has 0 fully saturated rings. The highest BCUT2D eigenvalue weighted by Crippen LogP contribution is 2.08. The third kappa shape index (κ3) is 5.70. The van der Waals surface area contributed by atoms with Gasteiger partial charge in [0.15, 0.2) is 0 Å². The number of nitrogens with two attached hydrogens (primary N) is 1. The molecule has 0 spiro atoms. The van der Waals surface area contributed by atoms with Crippen LogP contribution >= 0.6 is 12.2 Å². The summed E-state index contributed by atoms with van der Waals surface area (Å²) in [6.45, 7) is 5.27. The van der Waals surface area contributed by atoms with Gasteiger partial charge in [-0.1, -0.05) is 49.5 Å². The molecule has 1 atom stereocenters. The Morgan fingerprint density at radius 3 is 2.55 bits per heavy atom. The predicted octanol–water partition coefficient (Wildman–Crippen LogP) is 2.78. The average Bonchev–Trinajstić information content (AvgIpc) is 2.45. The monoisotopic (exact) mass is 292 g/mol. The number of aryl methyl sites for hydroxylation is 1. The fraction of sp³-hybridized carbons (Fsp3) is 0.500. The van der Waals surface area contributed by atoms with E-state index in [9.17, 15) is 4.79 Å². The van der Waals surface area contributed by atoms with Gasteiger partial charge in [0, 0.05) is 25.4 Å². The van der Waals surface area contributed by atoms with E-state index in [2.05, 4.69) is 12.1 Å². The molecule has 0 aliphatic rings. The molecule has 20 heavy (non-hydrogen) atoms. The largest absolute Gasteiger partial charge is 0.393 e. The van der Waals surface area contributed by atoms with Crippen molar-refractivity contribution in [2.24, 2.45) is 11.7 Å². The van der Waals surface area contributed by atoms with Crippen LogP contribution in [0.5, 0.6) is 0 Å². The van der Waals surface area contributed by atoms with Gasteiger partial charge in [0.1, 0.15) is 0 Å². The Morgan fingerprint density at radius 1 is 1.35 bits per heavy atom. The summed E-state index contributed by atoms with van der Waals surface area (Å²) in [5.74, 6) is 0.259. The van der Waals surface area contributed by atoms with Crippen LogP contribution in [0, 0.1) is 5.92 Å². The summed E-state index contributed by atoms with van der Waals surface area (Å²) in [5.41, 5.74) is 6.89. The average molecular weight is 292 g/mol. The molecule has 1 rings (SSSR count). The molecular formula is C16H24N2OS. The zero-order valence-electron chi connectivity index (χ0n) is 12.3. The molecule has 0 saturated heterocycles. The van der Waals surface area contributed by atoms with E-state index in [1.54, 1.807) is 0 Å². The van der Waals surface area contributed by atoms with Gasteiger partial charge in [0.2, 0.25) is 5.91 Å². The van der Waals surface area contributed by atoms with E-state index in [1.165, 1.54) is 5.56 Å². The van der Waals surface area contributed by atoms with Gasteiger partial charge in [-0.3, -0.25) is 4.79 Å². The number of rotatable bonds is 8. The molecule has 2 N–H and O–H groups in total. The highest BCUT2D eigenvalue weighted by Gasteiger charge is 2.15. The molecule has 0 heterocycles. The van der Waals surface area contributed by atoms with Crippen LogP contribution in [0.4, 0.5) is 0 Å². The molecule has 0 aliphatic heterocycles. The molecule has 0 radical (unpaired) electrons. The zero-order chi connectivity index (χ0) is 15.0. The van der Waals surface area contributed by atoms with Crippen molar-refractivity contribution in [1.82, 2.24) is 4.90 Å². The molecule has 1 aromatic rings. The first kappa shape index (κ1) is 16.6. The molecule has 110 valence electrons. The van der Waals surface area contributed by atoms with Crippen LogP contribution in [0.15, 0.2) is 30.3 Å². The number of carbonyl (C=O) groups excluding carboxylic acids is 1. The number of hydrogen-bond acceptors (Lipinski definition) is 2. The number of benzene rings is 1. The van der Waals surface area contributed by atoms with Crippen molar-refractivity contribution in [1.29, 1.82) is 0 Å². The first-order chi connectivity index (χ1) is 9.54. The van der Waals surface area contributed by atoms with E-state index in [0.717, 1.165) is 12.8 Å². The number of nitrogens with zero attached hydrogens (tertiary/aromatic N) is 1. The summed E-state index contributed by atoms with van der Waals surface area (Å²) in [6, 6.07) is 10.2. The van der Waals surface area contributed by atoms with Gasteiger partial charge in [-0.15, -0.1) is 0 Å². The lowest BCUT2D eigenvalue weighted by atomic mass is 10.1. The number of amides is 1. The maximum absolute atomic E-state index is 12.2. The second kappa shape index (κ2) is 8.69.